The minimum Gasteiger partial charge on any atom is -0.325 e. The van der Waals surface area contributed by atoms with E-state index in [1.807, 2.05) is 48.5 Å². The van der Waals surface area contributed by atoms with Gasteiger partial charge in [-0.1, -0.05) is 48.0 Å². The van der Waals surface area contributed by atoms with Crippen LogP contribution in [0.25, 0.3) is 0 Å². The lowest BCUT2D eigenvalue weighted by atomic mass is 9.90. The fourth-order valence-corrected chi connectivity index (χ4v) is 3.75. The van der Waals surface area contributed by atoms with Crippen molar-refractivity contribution in [2.75, 3.05) is 23.8 Å². The molecule has 1 aliphatic heterocycles. The second-order valence-corrected chi connectivity index (χ2v) is 7.63. The zero-order chi connectivity index (χ0) is 22.0. The molecule has 0 fully saturated rings. The standard InChI is InChI=1S/C24H21ClN4O2/c1-29(21(30)14-26)18-10-8-17(9-11-18)27-23(15-5-3-2-4-6-15)22-19-12-7-16(25)13-20(19)28-24(22)31/h2-13,22H,14,26H2,1H3,(H,28,31). The monoisotopic (exact) mass is 432 g/mol. The molecule has 0 saturated heterocycles. The Morgan fingerprint density at radius 1 is 1.10 bits per heavy atom. The molecule has 2 amide bonds. The molecule has 1 atom stereocenters. The highest BCUT2D eigenvalue weighted by Gasteiger charge is 2.35. The van der Waals surface area contributed by atoms with Crippen molar-refractivity contribution in [3.05, 3.63) is 88.9 Å². The summed E-state index contributed by atoms with van der Waals surface area (Å²) in [5, 5.41) is 3.47. The molecule has 0 saturated carbocycles. The van der Waals surface area contributed by atoms with Crippen LogP contribution in [0.1, 0.15) is 17.0 Å². The van der Waals surface area contributed by atoms with Gasteiger partial charge in [-0.25, -0.2) is 0 Å². The predicted octanol–water partition coefficient (Wildman–Crippen LogP) is 4.12. The number of benzene rings is 3. The van der Waals surface area contributed by atoms with Gasteiger partial charge in [0.2, 0.25) is 11.8 Å². The van der Waals surface area contributed by atoms with Crippen molar-refractivity contribution in [3.8, 4) is 0 Å². The number of aliphatic imine (C=N–C) groups is 1. The van der Waals surface area contributed by atoms with Gasteiger partial charge >= 0.3 is 0 Å². The number of likely N-dealkylation sites (N-methyl/N-ethyl adjacent to an activating group) is 1. The van der Waals surface area contributed by atoms with Crippen molar-refractivity contribution in [2.24, 2.45) is 10.7 Å². The van der Waals surface area contributed by atoms with Crippen LogP contribution in [0, 0.1) is 0 Å². The van der Waals surface area contributed by atoms with E-state index in [1.165, 1.54) is 4.90 Å². The normalized spacial score (nSPS) is 15.4. The summed E-state index contributed by atoms with van der Waals surface area (Å²) in [6.45, 7) is -0.0607. The Bertz CT molecular complexity index is 1160. The Balaban J connectivity index is 1.76. The SMILES string of the molecule is CN(C(=O)CN)c1ccc(N=C(c2ccccc2)C2C(=O)Nc3cc(Cl)ccc32)cc1. The fourth-order valence-electron chi connectivity index (χ4n) is 3.58. The molecule has 3 N–H and O–H groups in total. The van der Waals surface area contributed by atoms with Crippen LogP contribution >= 0.6 is 11.6 Å². The molecule has 0 aromatic heterocycles. The molecule has 0 spiro atoms. The van der Waals surface area contributed by atoms with Crippen molar-refractivity contribution in [3.63, 3.8) is 0 Å². The van der Waals surface area contributed by atoms with Crippen LogP contribution in [-0.2, 0) is 9.59 Å². The first-order chi connectivity index (χ1) is 15.0. The number of nitrogens with two attached hydrogens (primary N) is 1. The van der Waals surface area contributed by atoms with E-state index in [0.717, 1.165) is 11.1 Å². The molecule has 0 radical (unpaired) electrons. The highest BCUT2D eigenvalue weighted by atomic mass is 35.5. The molecular formula is C24H21ClN4O2. The first-order valence-corrected chi connectivity index (χ1v) is 10.2. The van der Waals surface area contributed by atoms with Gasteiger partial charge in [-0.3, -0.25) is 14.6 Å². The summed E-state index contributed by atoms with van der Waals surface area (Å²) in [4.78, 5) is 31.1. The van der Waals surface area contributed by atoms with Gasteiger partial charge in [0.25, 0.3) is 0 Å². The Labute approximate surface area is 185 Å². The minimum atomic E-state index is -0.559. The summed E-state index contributed by atoms with van der Waals surface area (Å²) in [5.41, 5.74) is 9.85. The average molecular weight is 433 g/mol. The summed E-state index contributed by atoms with van der Waals surface area (Å²) in [5.74, 6) is -0.889. The molecule has 6 nitrogen and oxygen atoms in total. The number of amides is 2. The lowest BCUT2D eigenvalue weighted by Crippen LogP contribution is -2.32. The van der Waals surface area contributed by atoms with E-state index in [-0.39, 0.29) is 18.4 Å². The Hall–Kier alpha value is -3.48. The third-order valence-corrected chi connectivity index (χ3v) is 5.46. The second kappa shape index (κ2) is 8.71. The molecule has 1 unspecified atom stereocenters. The molecule has 1 aliphatic rings. The number of rotatable bonds is 5. The number of hydrogen-bond donors (Lipinski definition) is 2. The number of carbonyl (C=O) groups is 2. The quantitative estimate of drug-likeness (QED) is 0.594. The third kappa shape index (κ3) is 4.21. The van der Waals surface area contributed by atoms with Crippen LogP contribution < -0.4 is 16.0 Å². The van der Waals surface area contributed by atoms with E-state index in [9.17, 15) is 9.59 Å². The van der Waals surface area contributed by atoms with Crippen LogP contribution in [0.15, 0.2) is 77.8 Å². The van der Waals surface area contributed by atoms with Gasteiger partial charge < -0.3 is 16.0 Å². The van der Waals surface area contributed by atoms with Crippen molar-refractivity contribution in [1.82, 2.24) is 0 Å². The molecule has 0 aliphatic carbocycles. The molecule has 1 heterocycles. The van der Waals surface area contributed by atoms with E-state index in [1.54, 1.807) is 31.3 Å². The van der Waals surface area contributed by atoms with Crippen LogP contribution in [0.2, 0.25) is 5.02 Å². The van der Waals surface area contributed by atoms with Gasteiger partial charge in [0, 0.05) is 23.4 Å². The molecule has 3 aromatic carbocycles. The van der Waals surface area contributed by atoms with E-state index >= 15 is 0 Å². The van der Waals surface area contributed by atoms with Gasteiger partial charge in [-0.05, 0) is 47.5 Å². The summed E-state index contributed by atoms with van der Waals surface area (Å²) in [7, 11) is 1.67. The van der Waals surface area contributed by atoms with Crippen LogP contribution in [0.3, 0.4) is 0 Å². The fraction of sp³-hybridized carbons (Fsp3) is 0.125. The van der Waals surface area contributed by atoms with Crippen LogP contribution in [0.5, 0.6) is 0 Å². The van der Waals surface area contributed by atoms with E-state index in [0.29, 0.717) is 27.8 Å². The topological polar surface area (TPSA) is 87.8 Å². The zero-order valence-electron chi connectivity index (χ0n) is 16.9. The number of anilines is 2. The molecular weight excluding hydrogens is 412 g/mol. The largest absolute Gasteiger partial charge is 0.325 e. The third-order valence-electron chi connectivity index (χ3n) is 5.22. The van der Waals surface area contributed by atoms with Crippen molar-refractivity contribution in [2.45, 2.75) is 5.92 Å². The smallest absolute Gasteiger partial charge is 0.240 e. The van der Waals surface area contributed by atoms with E-state index < -0.39 is 5.92 Å². The van der Waals surface area contributed by atoms with Gasteiger partial charge in [0.1, 0.15) is 5.92 Å². The summed E-state index contributed by atoms with van der Waals surface area (Å²) in [6, 6.07) is 22.2. The van der Waals surface area contributed by atoms with Crippen molar-refractivity contribution in [1.29, 1.82) is 0 Å². The maximum Gasteiger partial charge on any atom is 0.240 e. The number of halogens is 1. The van der Waals surface area contributed by atoms with Crippen molar-refractivity contribution >= 4 is 46.2 Å². The Morgan fingerprint density at radius 3 is 2.48 bits per heavy atom. The molecule has 7 heteroatoms. The summed E-state index contributed by atoms with van der Waals surface area (Å²) >= 11 is 6.10. The van der Waals surface area contributed by atoms with Crippen LogP contribution in [-0.4, -0.2) is 31.1 Å². The van der Waals surface area contributed by atoms with Gasteiger partial charge in [0.15, 0.2) is 0 Å². The van der Waals surface area contributed by atoms with Crippen LogP contribution in [0.4, 0.5) is 17.1 Å². The van der Waals surface area contributed by atoms with Gasteiger partial charge in [-0.15, -0.1) is 0 Å². The van der Waals surface area contributed by atoms with Crippen molar-refractivity contribution < 1.29 is 9.59 Å². The Kier molecular flexibility index (Phi) is 5.84. The number of carbonyl (C=O) groups excluding carboxylic acids is 2. The first-order valence-electron chi connectivity index (χ1n) is 9.79. The predicted molar refractivity (Wildman–Crippen MR) is 124 cm³/mol. The maximum atomic E-state index is 12.9. The van der Waals surface area contributed by atoms with Gasteiger partial charge in [-0.2, -0.15) is 0 Å². The summed E-state index contributed by atoms with van der Waals surface area (Å²) < 4.78 is 0. The summed E-state index contributed by atoms with van der Waals surface area (Å²) in [6.07, 6.45) is 0. The number of hydrogen-bond acceptors (Lipinski definition) is 4. The van der Waals surface area contributed by atoms with Gasteiger partial charge in [0.05, 0.1) is 17.9 Å². The molecule has 31 heavy (non-hydrogen) atoms. The molecule has 3 aromatic rings. The zero-order valence-corrected chi connectivity index (χ0v) is 17.6. The minimum absolute atomic E-state index is 0.0607. The highest BCUT2D eigenvalue weighted by molar-refractivity contribution is 6.31. The highest BCUT2D eigenvalue weighted by Crippen LogP contribution is 2.37. The number of nitrogens with zero attached hydrogens (tertiary/aromatic N) is 2. The maximum absolute atomic E-state index is 12.9. The Morgan fingerprint density at radius 2 is 1.81 bits per heavy atom. The van der Waals surface area contributed by atoms with E-state index in [2.05, 4.69) is 5.32 Å². The second-order valence-electron chi connectivity index (χ2n) is 7.19. The lowest BCUT2D eigenvalue weighted by molar-refractivity contribution is -0.117. The molecule has 4 rings (SSSR count). The first kappa shape index (κ1) is 20.8. The molecule has 156 valence electrons. The average Bonchev–Trinajstić information content (AvgIpc) is 3.11. The molecule has 0 bridgehead atoms. The lowest BCUT2D eigenvalue weighted by Gasteiger charge is -2.17. The number of fused-ring (bicyclic) bond motifs is 1. The van der Waals surface area contributed by atoms with E-state index in [4.69, 9.17) is 22.3 Å². The number of nitrogens with one attached hydrogen (secondary N) is 1.